The topological polar surface area (TPSA) is 78.4 Å². The fraction of sp³-hybridized carbons (Fsp3) is 0.667. The zero-order chi connectivity index (χ0) is 15.5. The lowest BCUT2D eigenvalue weighted by Gasteiger charge is -2.32. The molecule has 1 amide bonds. The standard InChI is InChI=1S/C15H21ClN4O2/c16-14-17-6-3-13(19-14)18-12(11-1-2-11)9-10-4-7-20(8-5-10)15(21)22/h3,6,10-12H,1-2,4-5,7-9H2,(H,21,22)(H,17,18,19). The van der Waals surface area contributed by atoms with Gasteiger partial charge in [0, 0.05) is 25.3 Å². The number of carbonyl (C=O) groups is 1. The maximum absolute atomic E-state index is 11.0. The minimum atomic E-state index is -0.800. The van der Waals surface area contributed by atoms with E-state index < -0.39 is 6.09 Å². The van der Waals surface area contributed by atoms with Crippen molar-refractivity contribution in [2.75, 3.05) is 18.4 Å². The Balaban J connectivity index is 1.55. The highest BCUT2D eigenvalue weighted by Crippen LogP contribution is 2.38. The minimum absolute atomic E-state index is 0.259. The molecule has 1 atom stereocenters. The van der Waals surface area contributed by atoms with E-state index in [4.69, 9.17) is 16.7 Å². The summed E-state index contributed by atoms with van der Waals surface area (Å²) in [4.78, 5) is 20.6. The van der Waals surface area contributed by atoms with Gasteiger partial charge in [0.05, 0.1) is 0 Å². The number of halogens is 1. The molecule has 2 N–H and O–H groups in total. The third-order valence-electron chi connectivity index (χ3n) is 4.62. The van der Waals surface area contributed by atoms with E-state index in [1.807, 2.05) is 6.07 Å². The molecule has 0 radical (unpaired) electrons. The number of aromatic nitrogens is 2. The second-order valence-electron chi connectivity index (χ2n) is 6.25. The summed E-state index contributed by atoms with van der Waals surface area (Å²) in [5, 5.41) is 12.8. The van der Waals surface area contributed by atoms with Gasteiger partial charge in [-0.1, -0.05) is 0 Å². The van der Waals surface area contributed by atoms with Gasteiger partial charge in [-0.3, -0.25) is 0 Å². The fourth-order valence-corrected chi connectivity index (χ4v) is 3.34. The van der Waals surface area contributed by atoms with Gasteiger partial charge in [0.2, 0.25) is 5.28 Å². The van der Waals surface area contributed by atoms with Crippen LogP contribution in [0.25, 0.3) is 0 Å². The third-order valence-corrected chi connectivity index (χ3v) is 4.80. The number of hydrogen-bond acceptors (Lipinski definition) is 4. The van der Waals surface area contributed by atoms with Crippen molar-refractivity contribution in [2.45, 2.75) is 38.1 Å². The van der Waals surface area contributed by atoms with Gasteiger partial charge in [0.1, 0.15) is 5.82 Å². The first kappa shape index (κ1) is 15.3. The Morgan fingerprint density at radius 3 is 2.73 bits per heavy atom. The van der Waals surface area contributed by atoms with Gasteiger partial charge >= 0.3 is 6.09 Å². The molecule has 120 valence electrons. The number of likely N-dealkylation sites (tertiary alicyclic amines) is 1. The van der Waals surface area contributed by atoms with Gasteiger partial charge < -0.3 is 15.3 Å². The normalized spacial score (nSPS) is 20.7. The zero-order valence-electron chi connectivity index (χ0n) is 12.4. The quantitative estimate of drug-likeness (QED) is 0.814. The highest BCUT2D eigenvalue weighted by atomic mass is 35.5. The Kier molecular flexibility index (Phi) is 4.66. The minimum Gasteiger partial charge on any atom is -0.465 e. The number of rotatable bonds is 5. The lowest BCUT2D eigenvalue weighted by atomic mass is 9.88. The van der Waals surface area contributed by atoms with Crippen molar-refractivity contribution in [3.8, 4) is 0 Å². The molecule has 6 nitrogen and oxygen atoms in total. The molecule has 1 aromatic rings. The summed E-state index contributed by atoms with van der Waals surface area (Å²) in [5.41, 5.74) is 0. The van der Waals surface area contributed by atoms with E-state index in [1.165, 1.54) is 17.7 Å². The van der Waals surface area contributed by atoms with E-state index in [0.29, 0.717) is 31.0 Å². The maximum atomic E-state index is 11.0. The molecule has 2 heterocycles. The molecule has 2 fully saturated rings. The number of piperidine rings is 1. The second kappa shape index (κ2) is 6.69. The number of nitrogens with one attached hydrogen (secondary N) is 1. The molecule has 3 rings (SSSR count). The van der Waals surface area contributed by atoms with Crippen LogP contribution in [0.1, 0.15) is 32.1 Å². The van der Waals surface area contributed by atoms with Gasteiger partial charge in [0.25, 0.3) is 0 Å². The van der Waals surface area contributed by atoms with Gasteiger partial charge in [-0.2, -0.15) is 0 Å². The van der Waals surface area contributed by atoms with Crippen LogP contribution in [0.4, 0.5) is 10.6 Å². The summed E-state index contributed by atoms with van der Waals surface area (Å²) in [6.45, 7) is 1.30. The van der Waals surface area contributed by atoms with Crippen molar-refractivity contribution in [3.63, 3.8) is 0 Å². The first-order chi connectivity index (χ1) is 10.6. The molecule has 1 saturated carbocycles. The summed E-state index contributed by atoms with van der Waals surface area (Å²) in [6, 6.07) is 2.24. The smallest absolute Gasteiger partial charge is 0.407 e. The molecular weight excluding hydrogens is 304 g/mol. The summed E-state index contributed by atoms with van der Waals surface area (Å²) in [7, 11) is 0. The first-order valence-corrected chi connectivity index (χ1v) is 8.22. The average molecular weight is 325 g/mol. The Morgan fingerprint density at radius 2 is 2.14 bits per heavy atom. The molecule has 1 unspecified atom stereocenters. The van der Waals surface area contributed by atoms with Crippen molar-refractivity contribution in [1.82, 2.24) is 14.9 Å². The first-order valence-electron chi connectivity index (χ1n) is 7.85. The molecule has 0 bridgehead atoms. The molecule has 1 saturated heterocycles. The largest absolute Gasteiger partial charge is 0.465 e. The number of carboxylic acid groups (broad SMARTS) is 1. The van der Waals surface area contributed by atoms with E-state index in [2.05, 4.69) is 15.3 Å². The van der Waals surface area contributed by atoms with Crippen LogP contribution < -0.4 is 5.32 Å². The summed E-state index contributed by atoms with van der Waals surface area (Å²) < 4.78 is 0. The number of amides is 1. The fourth-order valence-electron chi connectivity index (χ4n) is 3.19. The summed E-state index contributed by atoms with van der Waals surface area (Å²) in [6.07, 6.45) is 6.33. The molecule has 22 heavy (non-hydrogen) atoms. The van der Waals surface area contributed by atoms with Crippen molar-refractivity contribution >= 4 is 23.5 Å². The Bertz CT molecular complexity index is 530. The lowest BCUT2D eigenvalue weighted by Crippen LogP contribution is -2.39. The second-order valence-corrected chi connectivity index (χ2v) is 6.59. The van der Waals surface area contributed by atoms with E-state index in [-0.39, 0.29) is 5.28 Å². The molecule has 1 aromatic heterocycles. The van der Waals surface area contributed by atoms with Crippen LogP contribution in [-0.4, -0.2) is 45.2 Å². The van der Waals surface area contributed by atoms with E-state index in [1.54, 1.807) is 6.20 Å². The average Bonchev–Trinajstić information content (AvgIpc) is 3.32. The molecule has 0 spiro atoms. The SMILES string of the molecule is O=C(O)N1CCC(CC(Nc2ccnc(Cl)n2)C2CC2)CC1. The van der Waals surface area contributed by atoms with Crippen LogP contribution in [-0.2, 0) is 0 Å². The van der Waals surface area contributed by atoms with Crippen LogP contribution >= 0.6 is 11.6 Å². The van der Waals surface area contributed by atoms with Gasteiger partial charge in [0.15, 0.2) is 0 Å². The van der Waals surface area contributed by atoms with Crippen LogP contribution in [0.3, 0.4) is 0 Å². The van der Waals surface area contributed by atoms with Crippen LogP contribution in [0.5, 0.6) is 0 Å². The van der Waals surface area contributed by atoms with Crippen molar-refractivity contribution in [2.24, 2.45) is 11.8 Å². The Morgan fingerprint density at radius 1 is 1.41 bits per heavy atom. The highest BCUT2D eigenvalue weighted by Gasteiger charge is 2.34. The molecular formula is C15H21ClN4O2. The van der Waals surface area contributed by atoms with Gasteiger partial charge in [-0.15, -0.1) is 0 Å². The number of anilines is 1. The molecule has 2 aliphatic rings. The van der Waals surface area contributed by atoms with Gasteiger partial charge in [-0.05, 0) is 61.6 Å². The van der Waals surface area contributed by atoms with Crippen molar-refractivity contribution < 1.29 is 9.90 Å². The van der Waals surface area contributed by atoms with Crippen LogP contribution in [0.2, 0.25) is 5.28 Å². The summed E-state index contributed by atoms with van der Waals surface area (Å²) >= 11 is 5.84. The lowest BCUT2D eigenvalue weighted by molar-refractivity contribution is 0.122. The predicted octanol–water partition coefficient (Wildman–Crippen LogP) is 3.10. The maximum Gasteiger partial charge on any atom is 0.407 e. The molecule has 7 heteroatoms. The van der Waals surface area contributed by atoms with Crippen molar-refractivity contribution in [1.29, 1.82) is 0 Å². The molecule has 1 aliphatic heterocycles. The zero-order valence-corrected chi connectivity index (χ0v) is 13.2. The Hall–Kier alpha value is -1.56. The van der Waals surface area contributed by atoms with E-state index in [0.717, 1.165) is 25.1 Å². The highest BCUT2D eigenvalue weighted by molar-refractivity contribution is 6.28. The molecule has 1 aliphatic carbocycles. The van der Waals surface area contributed by atoms with Crippen molar-refractivity contribution in [3.05, 3.63) is 17.5 Å². The van der Waals surface area contributed by atoms with Crippen LogP contribution in [0, 0.1) is 11.8 Å². The predicted molar refractivity (Wildman–Crippen MR) is 84.1 cm³/mol. The number of hydrogen-bond donors (Lipinski definition) is 2. The van der Waals surface area contributed by atoms with E-state index in [9.17, 15) is 4.79 Å². The summed E-state index contributed by atoms with van der Waals surface area (Å²) in [5.74, 6) is 2.05. The Labute approximate surface area is 134 Å². The van der Waals surface area contributed by atoms with Gasteiger partial charge in [-0.25, -0.2) is 14.8 Å². The van der Waals surface area contributed by atoms with Crippen LogP contribution in [0.15, 0.2) is 12.3 Å². The number of nitrogens with zero attached hydrogens (tertiary/aromatic N) is 3. The molecule has 0 aromatic carbocycles. The van der Waals surface area contributed by atoms with E-state index >= 15 is 0 Å². The monoisotopic (exact) mass is 324 g/mol. The third kappa shape index (κ3) is 4.00.